The molecule has 0 unspecified atom stereocenters. The highest BCUT2D eigenvalue weighted by molar-refractivity contribution is 5.95. The summed E-state index contributed by atoms with van der Waals surface area (Å²) in [6.07, 6.45) is 12.6. The molecule has 0 radical (unpaired) electrons. The largest absolute Gasteiger partial charge is 0.264 e. The van der Waals surface area contributed by atoms with Crippen molar-refractivity contribution in [1.29, 1.82) is 0 Å². The minimum absolute atomic E-state index is 0.610. The number of benzene rings is 12. The first kappa shape index (κ1) is 86.9. The van der Waals surface area contributed by atoms with E-state index in [0.29, 0.717) is 23.3 Å². The average molecular weight is 1850 g/mol. The van der Waals surface area contributed by atoms with Gasteiger partial charge in [0, 0.05) is 131 Å². The van der Waals surface area contributed by atoms with E-state index in [1.807, 2.05) is 231 Å². The van der Waals surface area contributed by atoms with Gasteiger partial charge in [0.15, 0.2) is 23.3 Å². The lowest BCUT2D eigenvalue weighted by Crippen LogP contribution is -2.00. The van der Waals surface area contributed by atoms with Gasteiger partial charge in [-0.3, -0.25) is 24.9 Å². The Hall–Kier alpha value is -19.9. The first-order valence-electron chi connectivity index (χ1n) is 47.4. The lowest BCUT2D eigenvalue weighted by atomic mass is 10.0. The van der Waals surface area contributed by atoms with E-state index in [4.69, 9.17) is 59.8 Å². The molecule has 17 nitrogen and oxygen atoms in total. The summed E-state index contributed by atoms with van der Waals surface area (Å²) in [5.74, 6) is 2.57. The van der Waals surface area contributed by atoms with Gasteiger partial charge in [-0.05, 0) is 197 Å². The summed E-state index contributed by atoms with van der Waals surface area (Å²) in [6, 6.07) is 152. The number of hydrogen-bond donors (Lipinski definition) is 0. The molecule has 674 valence electrons. The Balaban J connectivity index is 0.000000117. The maximum absolute atomic E-state index is 5.16. The standard InChI is InChI=1S/C45H29N5.C44H28N6.C38H24N6/c1-3-10-30(11-4-1)43-29-44(50-45(49-43)33-12-5-2-6-13-33)37-15-9-14-36(26-37)38-23-21-31-17-19-34(27-41(31)47-38)35-20-18-32-22-24-40(48-42(32)28-35)39-16-7-8-25-46-39;1-3-10-31(11-4-1)42-48-43(32-12-5-2-6-13-32)50-44(49-42)36-15-9-14-35(26-36)37-23-21-29-17-19-33(27-40(29)46-37)34-20-18-30-22-24-39(47-41(30)28-34)38-16-7-8-25-45-38;1-2-18-41-32(7-1)33-14-12-25-8-10-27(19-35(25)42-33)28-11-9-26-13-15-34(43-36(26)20-28)38-22-31(29-5-3-16-39-23-29)21-37(44-38)30-6-4-17-40-24-30/h1-29H;1-28H;1-24H. The third kappa shape index (κ3) is 18.9. The molecular formula is C127H81N17. The first-order chi connectivity index (χ1) is 71.2. The van der Waals surface area contributed by atoms with E-state index in [1.165, 1.54) is 0 Å². The van der Waals surface area contributed by atoms with E-state index in [9.17, 15) is 0 Å². The summed E-state index contributed by atoms with van der Waals surface area (Å²) in [6.45, 7) is 0. The van der Waals surface area contributed by atoms with Gasteiger partial charge in [0.2, 0.25) is 0 Å². The maximum Gasteiger partial charge on any atom is 0.164 e. The topological polar surface area (TPSA) is 219 Å². The zero-order valence-corrected chi connectivity index (χ0v) is 77.4. The lowest BCUT2D eigenvalue weighted by Gasteiger charge is -2.11. The fourth-order valence-corrected chi connectivity index (χ4v) is 17.9. The summed E-state index contributed by atoms with van der Waals surface area (Å²) in [5.41, 5.74) is 33.9. The van der Waals surface area contributed by atoms with Gasteiger partial charge in [0.25, 0.3) is 0 Å². The number of hydrogen-bond acceptors (Lipinski definition) is 17. The van der Waals surface area contributed by atoms with Gasteiger partial charge < -0.3 is 0 Å². The molecule has 0 fully saturated rings. The fourth-order valence-electron chi connectivity index (χ4n) is 17.9. The number of pyridine rings is 12. The molecule has 0 saturated heterocycles. The SMILES string of the molecule is c1ccc(-c2cc(-c3cccc(-c4ccc5ccc(-c6ccc7ccc(-c8ccccn8)nc7c6)cc5n4)c3)nc(-c3ccccc3)n2)cc1.c1ccc(-c2ccc3ccc(-c4ccc5ccc(-c6cc(-c7cccnc7)cc(-c7cccnc7)n6)nc5c4)cc3n2)nc1.c1ccc(-c2nc(-c3ccccc3)nc(-c3cccc(-c4ccc5ccc(-c6ccc7ccc(-c8ccccn8)nc7c6)cc5n4)c3)n2)cc1. The highest BCUT2D eigenvalue weighted by Gasteiger charge is 2.20. The zero-order valence-electron chi connectivity index (χ0n) is 77.4. The maximum atomic E-state index is 5.16. The van der Waals surface area contributed by atoms with Crippen molar-refractivity contribution in [3.05, 3.63) is 492 Å². The van der Waals surface area contributed by atoms with Gasteiger partial charge >= 0.3 is 0 Å². The predicted molar refractivity (Wildman–Crippen MR) is 579 cm³/mol. The number of nitrogens with zero attached hydrogens (tertiary/aromatic N) is 17. The van der Waals surface area contributed by atoms with Crippen LogP contribution in [0, 0.1) is 0 Å². The van der Waals surface area contributed by atoms with E-state index >= 15 is 0 Å². The number of aromatic nitrogens is 17. The number of fused-ring (bicyclic) bond motifs is 6. The van der Waals surface area contributed by atoms with Crippen LogP contribution in [0.1, 0.15) is 0 Å². The van der Waals surface area contributed by atoms with Gasteiger partial charge in [0.1, 0.15) is 0 Å². The quantitative estimate of drug-likeness (QED) is 0.0827. The smallest absolute Gasteiger partial charge is 0.164 e. The Morgan fingerprint density at radius 1 is 0.111 bits per heavy atom. The Labute approximate surface area is 828 Å². The van der Waals surface area contributed by atoms with E-state index in [2.05, 4.69) is 255 Å². The molecule has 0 aliphatic carbocycles. The van der Waals surface area contributed by atoms with Crippen LogP contribution in [0.3, 0.4) is 0 Å². The molecule has 12 aromatic carbocycles. The highest BCUT2D eigenvalue weighted by Crippen LogP contribution is 2.39. The molecule has 14 aromatic heterocycles. The average Bonchev–Trinajstić information content (AvgIpc) is 0.793. The minimum atomic E-state index is 0.610. The van der Waals surface area contributed by atoms with E-state index in [0.717, 1.165) is 234 Å². The Bertz CT molecular complexity index is 8700. The Kier molecular flexibility index (Phi) is 23.7. The van der Waals surface area contributed by atoms with Gasteiger partial charge in [0.05, 0.1) is 107 Å². The monoisotopic (exact) mass is 1840 g/mol. The van der Waals surface area contributed by atoms with Gasteiger partial charge in [-0.2, -0.15) is 0 Å². The molecule has 0 N–H and O–H groups in total. The third-order valence-electron chi connectivity index (χ3n) is 25.4. The molecular weight excluding hydrogens is 1760 g/mol. The molecule has 0 spiro atoms. The second-order valence-electron chi connectivity index (χ2n) is 34.8. The van der Waals surface area contributed by atoms with Crippen LogP contribution in [0.4, 0.5) is 0 Å². The van der Waals surface area contributed by atoms with Crippen LogP contribution in [0.5, 0.6) is 0 Å². The summed E-state index contributed by atoms with van der Waals surface area (Å²) in [7, 11) is 0. The van der Waals surface area contributed by atoms with Gasteiger partial charge in [-0.15, -0.1) is 0 Å². The zero-order chi connectivity index (χ0) is 95.9. The van der Waals surface area contributed by atoms with E-state index in [-0.39, 0.29) is 0 Å². The minimum Gasteiger partial charge on any atom is -0.264 e. The molecule has 14 heterocycles. The molecule has 0 amide bonds. The van der Waals surface area contributed by atoms with Crippen LogP contribution >= 0.6 is 0 Å². The van der Waals surface area contributed by atoms with Crippen LogP contribution < -0.4 is 0 Å². The van der Waals surface area contributed by atoms with Crippen LogP contribution in [0.15, 0.2) is 492 Å². The van der Waals surface area contributed by atoms with Gasteiger partial charge in [-0.1, -0.05) is 291 Å². The predicted octanol–water partition coefficient (Wildman–Crippen LogP) is 30.0. The molecule has 0 atom stereocenters. The summed E-state index contributed by atoms with van der Waals surface area (Å²) >= 11 is 0. The molecule has 0 aliphatic rings. The van der Waals surface area contributed by atoms with Crippen LogP contribution in [-0.2, 0) is 0 Å². The molecule has 144 heavy (non-hydrogen) atoms. The Morgan fingerprint density at radius 2 is 0.382 bits per heavy atom. The van der Waals surface area contributed by atoms with Gasteiger partial charge in [-0.25, -0.2) is 59.8 Å². The number of rotatable bonds is 17. The molecule has 26 rings (SSSR count). The third-order valence-corrected chi connectivity index (χ3v) is 25.4. The molecule has 0 aliphatic heterocycles. The lowest BCUT2D eigenvalue weighted by molar-refractivity contribution is 1.07. The second kappa shape index (κ2) is 39.3. The summed E-state index contributed by atoms with van der Waals surface area (Å²) < 4.78 is 0. The van der Waals surface area contributed by atoms with Crippen molar-refractivity contribution in [3.63, 3.8) is 0 Å². The highest BCUT2D eigenvalue weighted by atomic mass is 15.0. The van der Waals surface area contributed by atoms with E-state index < -0.39 is 0 Å². The second-order valence-corrected chi connectivity index (χ2v) is 34.8. The fraction of sp³-hybridized carbons (Fsp3) is 0. The van der Waals surface area contributed by atoms with Crippen LogP contribution in [0.2, 0.25) is 0 Å². The molecule has 0 bridgehead atoms. The summed E-state index contributed by atoms with van der Waals surface area (Å²) in [4.78, 5) is 81.9. The van der Waals surface area contributed by atoms with Crippen molar-refractivity contribution in [3.8, 4) is 192 Å². The molecule has 17 heteroatoms. The summed E-state index contributed by atoms with van der Waals surface area (Å²) in [5, 5.41) is 6.47. The molecule has 26 aromatic rings. The van der Waals surface area contributed by atoms with Crippen molar-refractivity contribution in [2.24, 2.45) is 0 Å². The van der Waals surface area contributed by atoms with Crippen LogP contribution in [0.25, 0.3) is 257 Å². The Morgan fingerprint density at radius 3 is 0.743 bits per heavy atom. The van der Waals surface area contributed by atoms with Crippen molar-refractivity contribution in [1.82, 2.24) is 84.7 Å². The van der Waals surface area contributed by atoms with Crippen molar-refractivity contribution >= 4 is 65.4 Å². The van der Waals surface area contributed by atoms with Crippen molar-refractivity contribution < 1.29 is 0 Å². The normalized spacial score (nSPS) is 11.2. The first-order valence-corrected chi connectivity index (χ1v) is 47.4. The van der Waals surface area contributed by atoms with Crippen LogP contribution in [-0.4, -0.2) is 84.7 Å². The molecule has 0 saturated carbocycles. The van der Waals surface area contributed by atoms with Crippen molar-refractivity contribution in [2.75, 3.05) is 0 Å². The van der Waals surface area contributed by atoms with E-state index in [1.54, 1.807) is 31.0 Å². The van der Waals surface area contributed by atoms with Crippen molar-refractivity contribution in [2.45, 2.75) is 0 Å².